The largest absolute Gasteiger partial charge is 0.452 e. The minimum atomic E-state index is -0.428. The first kappa shape index (κ1) is 14.8. The first-order chi connectivity index (χ1) is 10.6. The van der Waals surface area contributed by atoms with Crippen molar-refractivity contribution >= 4 is 28.9 Å². The summed E-state index contributed by atoms with van der Waals surface area (Å²) in [6, 6.07) is 9.63. The normalized spacial score (nSPS) is 13.1. The summed E-state index contributed by atoms with van der Waals surface area (Å²) in [5, 5.41) is 0. The van der Waals surface area contributed by atoms with Crippen molar-refractivity contribution in [2.75, 3.05) is 18.1 Å². The fourth-order valence-corrected chi connectivity index (χ4v) is 3.63. The number of para-hydroxylation sites is 1. The van der Waals surface area contributed by atoms with E-state index in [-0.39, 0.29) is 12.5 Å². The van der Waals surface area contributed by atoms with Gasteiger partial charge in [-0.1, -0.05) is 18.2 Å². The molecule has 2 heterocycles. The van der Waals surface area contributed by atoms with Gasteiger partial charge in [-0.05, 0) is 38.0 Å². The third kappa shape index (κ3) is 2.76. The maximum Gasteiger partial charge on any atom is 0.339 e. The van der Waals surface area contributed by atoms with Gasteiger partial charge in [0.2, 0.25) is 0 Å². The quantitative estimate of drug-likeness (QED) is 0.818. The Bertz CT molecular complexity index is 735. The average Bonchev–Trinajstić information content (AvgIpc) is 3.07. The number of fused-ring (bicyclic) bond motifs is 1. The summed E-state index contributed by atoms with van der Waals surface area (Å²) in [7, 11) is 0. The summed E-state index contributed by atoms with van der Waals surface area (Å²) >= 11 is 1.55. The number of ether oxygens (including phenoxy) is 1. The van der Waals surface area contributed by atoms with E-state index in [1.54, 1.807) is 22.3 Å². The molecule has 114 valence electrons. The third-order valence-electron chi connectivity index (χ3n) is 3.78. The van der Waals surface area contributed by atoms with Crippen LogP contribution in [0.25, 0.3) is 0 Å². The van der Waals surface area contributed by atoms with Crippen LogP contribution in [0.5, 0.6) is 0 Å². The summed E-state index contributed by atoms with van der Waals surface area (Å²) < 4.78 is 5.19. The molecule has 0 fully saturated rings. The van der Waals surface area contributed by atoms with Gasteiger partial charge in [-0.3, -0.25) is 4.79 Å². The molecule has 0 bridgehead atoms. The first-order valence-electron chi connectivity index (χ1n) is 7.18. The van der Waals surface area contributed by atoms with Gasteiger partial charge in [0.05, 0.1) is 5.56 Å². The smallest absolute Gasteiger partial charge is 0.339 e. The second kappa shape index (κ2) is 5.93. The fraction of sp³-hybridized carbons (Fsp3) is 0.294. The van der Waals surface area contributed by atoms with Crippen molar-refractivity contribution in [3.63, 3.8) is 0 Å². The van der Waals surface area contributed by atoms with Crippen LogP contribution in [-0.4, -0.2) is 25.0 Å². The van der Waals surface area contributed by atoms with Gasteiger partial charge in [-0.25, -0.2) is 4.79 Å². The molecule has 1 aliphatic heterocycles. The molecule has 0 saturated heterocycles. The molecule has 5 heteroatoms. The lowest BCUT2D eigenvalue weighted by Crippen LogP contribution is -2.33. The van der Waals surface area contributed by atoms with Crippen LogP contribution in [0.3, 0.4) is 0 Å². The van der Waals surface area contributed by atoms with E-state index in [4.69, 9.17) is 4.74 Å². The van der Waals surface area contributed by atoms with Crippen LogP contribution >= 0.6 is 11.3 Å². The van der Waals surface area contributed by atoms with E-state index in [1.165, 1.54) is 0 Å². The monoisotopic (exact) mass is 315 g/mol. The van der Waals surface area contributed by atoms with Gasteiger partial charge in [0.25, 0.3) is 5.91 Å². The topological polar surface area (TPSA) is 46.6 Å². The summed E-state index contributed by atoms with van der Waals surface area (Å²) in [6.45, 7) is 4.25. The maximum atomic E-state index is 12.3. The number of carbonyl (C=O) groups excluding carboxylic acids is 2. The van der Waals surface area contributed by atoms with Crippen LogP contribution in [0.1, 0.15) is 25.7 Å². The third-order valence-corrected chi connectivity index (χ3v) is 4.74. The molecule has 3 rings (SSSR count). The van der Waals surface area contributed by atoms with E-state index in [2.05, 4.69) is 0 Å². The molecule has 1 aliphatic rings. The van der Waals surface area contributed by atoms with Gasteiger partial charge in [-0.2, -0.15) is 0 Å². The Labute approximate surface area is 133 Å². The second-order valence-corrected chi connectivity index (χ2v) is 6.79. The van der Waals surface area contributed by atoms with Gasteiger partial charge in [0.1, 0.15) is 0 Å². The zero-order chi connectivity index (χ0) is 15.7. The molecular weight excluding hydrogens is 298 g/mol. The summed E-state index contributed by atoms with van der Waals surface area (Å²) in [6.07, 6.45) is 0.846. The number of hydrogen-bond acceptors (Lipinski definition) is 4. The van der Waals surface area contributed by atoms with Crippen LogP contribution < -0.4 is 4.90 Å². The highest BCUT2D eigenvalue weighted by molar-refractivity contribution is 7.12. The molecule has 0 unspecified atom stereocenters. The lowest BCUT2D eigenvalue weighted by Gasteiger charge is -2.17. The molecule has 1 amide bonds. The Kier molecular flexibility index (Phi) is 3.98. The van der Waals surface area contributed by atoms with Crippen molar-refractivity contribution in [2.45, 2.75) is 20.3 Å². The number of rotatable bonds is 3. The zero-order valence-electron chi connectivity index (χ0n) is 12.6. The minimum Gasteiger partial charge on any atom is -0.452 e. The van der Waals surface area contributed by atoms with Crippen LogP contribution in [-0.2, 0) is 16.0 Å². The van der Waals surface area contributed by atoms with Crippen molar-refractivity contribution in [1.82, 2.24) is 0 Å². The number of esters is 1. The predicted octanol–water partition coefficient (Wildman–Crippen LogP) is 3.11. The highest BCUT2D eigenvalue weighted by atomic mass is 32.1. The number of aryl methyl sites for hydroxylation is 2. The van der Waals surface area contributed by atoms with Crippen LogP contribution in [0.15, 0.2) is 30.3 Å². The van der Waals surface area contributed by atoms with Crippen LogP contribution in [0.4, 0.5) is 5.69 Å². The molecular formula is C17H17NO3S. The summed E-state index contributed by atoms with van der Waals surface area (Å²) in [5.41, 5.74) is 2.63. The number of amides is 1. The van der Waals surface area contributed by atoms with E-state index < -0.39 is 5.97 Å². The van der Waals surface area contributed by atoms with Crippen molar-refractivity contribution < 1.29 is 14.3 Å². The Morgan fingerprint density at radius 1 is 1.27 bits per heavy atom. The SMILES string of the molecule is Cc1cc(C(=O)OCC(=O)N2CCc3ccccc32)c(C)s1. The molecule has 22 heavy (non-hydrogen) atoms. The molecule has 2 aromatic rings. The predicted molar refractivity (Wildman–Crippen MR) is 86.6 cm³/mol. The van der Waals surface area contributed by atoms with Crippen molar-refractivity contribution in [3.8, 4) is 0 Å². The Hall–Kier alpha value is -2.14. The number of thiophene rings is 1. The number of benzene rings is 1. The van der Waals surface area contributed by atoms with Gasteiger partial charge in [0.15, 0.2) is 6.61 Å². The zero-order valence-corrected chi connectivity index (χ0v) is 13.4. The van der Waals surface area contributed by atoms with Gasteiger partial charge >= 0.3 is 5.97 Å². The van der Waals surface area contributed by atoms with E-state index in [0.717, 1.165) is 27.4 Å². The number of nitrogens with zero attached hydrogens (tertiary/aromatic N) is 1. The van der Waals surface area contributed by atoms with Crippen molar-refractivity contribution in [2.24, 2.45) is 0 Å². The highest BCUT2D eigenvalue weighted by Crippen LogP contribution is 2.27. The number of anilines is 1. The Morgan fingerprint density at radius 2 is 2.05 bits per heavy atom. The molecule has 0 aliphatic carbocycles. The molecule has 0 N–H and O–H groups in total. The van der Waals surface area contributed by atoms with Crippen molar-refractivity contribution in [1.29, 1.82) is 0 Å². The molecule has 0 atom stereocenters. The average molecular weight is 315 g/mol. The Morgan fingerprint density at radius 3 is 2.77 bits per heavy atom. The number of hydrogen-bond donors (Lipinski definition) is 0. The standard InChI is InChI=1S/C17H17NO3S/c1-11-9-14(12(2)22-11)17(20)21-10-16(19)18-8-7-13-5-3-4-6-15(13)18/h3-6,9H,7-8,10H2,1-2H3. The van der Waals surface area contributed by atoms with Gasteiger partial charge in [-0.15, -0.1) is 11.3 Å². The molecule has 1 aromatic heterocycles. The van der Waals surface area contributed by atoms with Gasteiger partial charge < -0.3 is 9.64 Å². The summed E-state index contributed by atoms with van der Waals surface area (Å²) in [5.74, 6) is -0.606. The van der Waals surface area contributed by atoms with Crippen LogP contribution in [0.2, 0.25) is 0 Å². The minimum absolute atomic E-state index is 0.178. The lowest BCUT2D eigenvalue weighted by atomic mass is 10.2. The van der Waals surface area contributed by atoms with Gasteiger partial charge in [0, 0.05) is 22.0 Å². The maximum absolute atomic E-state index is 12.3. The van der Waals surface area contributed by atoms with E-state index in [0.29, 0.717) is 12.1 Å². The molecule has 0 radical (unpaired) electrons. The molecule has 1 aromatic carbocycles. The van der Waals surface area contributed by atoms with E-state index >= 15 is 0 Å². The van der Waals surface area contributed by atoms with E-state index in [1.807, 2.05) is 38.1 Å². The molecule has 0 spiro atoms. The number of carbonyl (C=O) groups is 2. The van der Waals surface area contributed by atoms with E-state index in [9.17, 15) is 9.59 Å². The second-order valence-electron chi connectivity index (χ2n) is 5.33. The fourth-order valence-electron chi connectivity index (χ4n) is 2.71. The first-order valence-corrected chi connectivity index (χ1v) is 8.00. The van der Waals surface area contributed by atoms with Crippen LogP contribution in [0, 0.1) is 13.8 Å². The van der Waals surface area contributed by atoms with Crippen molar-refractivity contribution in [3.05, 3.63) is 51.2 Å². The highest BCUT2D eigenvalue weighted by Gasteiger charge is 2.25. The molecule has 0 saturated carbocycles. The molecule has 4 nitrogen and oxygen atoms in total. The summed E-state index contributed by atoms with van der Waals surface area (Å²) in [4.78, 5) is 28.0. The lowest BCUT2D eigenvalue weighted by molar-refractivity contribution is -0.121. The Balaban J connectivity index is 1.64.